The van der Waals surface area contributed by atoms with E-state index in [-0.39, 0.29) is 5.41 Å². The SMILES string of the molecule is CCOc1ccc(N[P@@]2(=S)/C(=C3/N(C)c4ccccc4C3(C)C)C=Nc3c2c(C)nn3-c2ccccc2)cc1. The molecule has 198 valence electrons. The summed E-state index contributed by atoms with van der Waals surface area (Å²) in [5, 5.41) is 10.9. The number of nitrogens with one attached hydrogen (secondary N) is 1. The van der Waals surface area contributed by atoms with E-state index in [2.05, 4.69) is 55.1 Å². The van der Waals surface area contributed by atoms with Gasteiger partial charge in [-0.05, 0) is 61.9 Å². The van der Waals surface area contributed by atoms with Crippen LogP contribution in [0.4, 0.5) is 17.2 Å². The molecule has 1 N–H and O–H groups in total. The van der Waals surface area contributed by atoms with Crippen LogP contribution in [0.3, 0.4) is 0 Å². The van der Waals surface area contributed by atoms with Crippen LogP contribution in [-0.4, -0.2) is 29.6 Å². The maximum absolute atomic E-state index is 6.79. The molecule has 0 unspecified atom stereocenters. The second-order valence-corrected chi connectivity index (χ2v) is 14.4. The zero-order valence-corrected chi connectivity index (χ0v) is 24.6. The third kappa shape index (κ3) is 4.03. The predicted octanol–water partition coefficient (Wildman–Crippen LogP) is 7.07. The number of fused-ring (bicyclic) bond motifs is 2. The summed E-state index contributed by atoms with van der Waals surface area (Å²) >= 11 is 6.79. The zero-order valence-electron chi connectivity index (χ0n) is 22.8. The first-order chi connectivity index (χ1) is 18.8. The lowest BCUT2D eigenvalue weighted by Crippen LogP contribution is -2.29. The molecule has 3 aromatic carbocycles. The van der Waals surface area contributed by atoms with Gasteiger partial charge in [0.2, 0.25) is 0 Å². The summed E-state index contributed by atoms with van der Waals surface area (Å²) < 4.78 is 7.61. The number of hydrogen-bond donors (Lipinski definition) is 1. The lowest BCUT2D eigenvalue weighted by atomic mass is 9.84. The summed E-state index contributed by atoms with van der Waals surface area (Å²) in [4.78, 5) is 7.34. The predicted molar refractivity (Wildman–Crippen MR) is 167 cm³/mol. The molecule has 0 aliphatic carbocycles. The number of ether oxygens (including phenoxy) is 1. The minimum Gasteiger partial charge on any atom is -0.494 e. The second kappa shape index (κ2) is 9.51. The van der Waals surface area contributed by atoms with Crippen molar-refractivity contribution in [2.75, 3.05) is 23.6 Å². The van der Waals surface area contributed by atoms with Gasteiger partial charge in [-0.1, -0.05) is 62.1 Å². The van der Waals surface area contributed by atoms with Gasteiger partial charge in [0.05, 0.1) is 29.5 Å². The molecule has 0 radical (unpaired) electrons. The zero-order chi connectivity index (χ0) is 27.4. The van der Waals surface area contributed by atoms with Gasteiger partial charge in [0.1, 0.15) is 5.75 Å². The maximum Gasteiger partial charge on any atom is 0.166 e. The first kappa shape index (κ1) is 25.6. The molecule has 0 saturated carbocycles. The quantitative estimate of drug-likeness (QED) is 0.268. The van der Waals surface area contributed by atoms with Crippen LogP contribution < -0.4 is 20.0 Å². The normalized spacial score (nSPS) is 21.0. The Morgan fingerprint density at radius 2 is 1.67 bits per heavy atom. The third-order valence-corrected chi connectivity index (χ3v) is 11.7. The summed E-state index contributed by atoms with van der Waals surface area (Å²) in [6.45, 7) is 9.21. The van der Waals surface area contributed by atoms with Crippen molar-refractivity contribution in [3.63, 3.8) is 0 Å². The number of anilines is 2. The largest absolute Gasteiger partial charge is 0.494 e. The molecule has 0 bridgehead atoms. The fourth-order valence-electron chi connectivity index (χ4n) is 5.82. The number of para-hydroxylation sites is 2. The van der Waals surface area contributed by atoms with Gasteiger partial charge in [-0.15, -0.1) is 0 Å². The van der Waals surface area contributed by atoms with Crippen molar-refractivity contribution in [2.24, 2.45) is 4.99 Å². The lowest BCUT2D eigenvalue weighted by Gasteiger charge is -2.35. The Morgan fingerprint density at radius 3 is 2.36 bits per heavy atom. The Kier molecular flexibility index (Phi) is 6.24. The number of rotatable bonds is 5. The molecule has 1 aromatic heterocycles. The van der Waals surface area contributed by atoms with Crippen molar-refractivity contribution in [2.45, 2.75) is 33.1 Å². The van der Waals surface area contributed by atoms with E-state index in [4.69, 9.17) is 26.6 Å². The molecule has 0 saturated heterocycles. The summed E-state index contributed by atoms with van der Waals surface area (Å²) in [6, 6.07) is 26.8. The molecule has 0 spiro atoms. The molecular formula is C31H32N5OPS. The number of nitrogens with zero attached hydrogens (tertiary/aromatic N) is 4. The number of hydrogen-bond acceptors (Lipinski definition) is 5. The van der Waals surface area contributed by atoms with Gasteiger partial charge in [-0.25, -0.2) is 9.67 Å². The molecule has 0 amide bonds. The van der Waals surface area contributed by atoms with Gasteiger partial charge in [0, 0.05) is 41.1 Å². The molecule has 2 aliphatic rings. The highest BCUT2D eigenvalue weighted by Crippen LogP contribution is 2.62. The molecule has 8 heteroatoms. The Balaban J connectivity index is 1.59. The molecule has 2 aliphatic heterocycles. The highest BCUT2D eigenvalue weighted by molar-refractivity contribution is 8.21. The molecule has 39 heavy (non-hydrogen) atoms. The van der Waals surface area contributed by atoms with Gasteiger partial charge in [0.25, 0.3) is 0 Å². The van der Waals surface area contributed by atoms with Gasteiger partial charge < -0.3 is 14.7 Å². The van der Waals surface area contributed by atoms with Crippen molar-refractivity contribution >= 4 is 46.7 Å². The van der Waals surface area contributed by atoms with Crippen LogP contribution in [0.1, 0.15) is 32.0 Å². The number of likely N-dealkylation sites (N-methyl/N-ethyl adjacent to an activating group) is 1. The van der Waals surface area contributed by atoms with E-state index in [0.29, 0.717) is 6.61 Å². The van der Waals surface area contributed by atoms with Gasteiger partial charge in [-0.2, -0.15) is 5.10 Å². The second-order valence-electron chi connectivity index (χ2n) is 10.4. The van der Waals surface area contributed by atoms with E-state index in [1.165, 1.54) is 16.9 Å². The molecule has 3 heterocycles. The van der Waals surface area contributed by atoms with Crippen LogP contribution in [0, 0.1) is 6.92 Å². The fraction of sp³-hybridized carbons (Fsp3) is 0.226. The molecule has 6 rings (SSSR count). The average molecular weight is 554 g/mol. The Hall–Kier alpha value is -3.67. The average Bonchev–Trinajstić information content (AvgIpc) is 3.38. The van der Waals surface area contributed by atoms with E-state index in [1.54, 1.807) is 0 Å². The van der Waals surface area contributed by atoms with E-state index in [9.17, 15) is 0 Å². The van der Waals surface area contributed by atoms with E-state index >= 15 is 0 Å². The van der Waals surface area contributed by atoms with E-state index < -0.39 is 6.19 Å². The van der Waals surface area contributed by atoms with E-state index in [0.717, 1.165) is 39.3 Å². The molecule has 6 nitrogen and oxygen atoms in total. The van der Waals surface area contributed by atoms with Crippen LogP contribution in [-0.2, 0) is 17.2 Å². The summed E-state index contributed by atoms with van der Waals surface area (Å²) in [7, 11) is 2.13. The van der Waals surface area contributed by atoms with Crippen LogP contribution in [0.5, 0.6) is 5.75 Å². The lowest BCUT2D eigenvalue weighted by molar-refractivity contribution is 0.340. The Labute approximate surface area is 235 Å². The van der Waals surface area contributed by atoms with Crippen molar-refractivity contribution in [1.82, 2.24) is 9.78 Å². The minimum absolute atomic E-state index is 0.252. The van der Waals surface area contributed by atoms with Crippen LogP contribution in [0.2, 0.25) is 0 Å². The molecule has 1 atom stereocenters. The summed E-state index contributed by atoms with van der Waals surface area (Å²) in [5.41, 5.74) is 6.20. The topological polar surface area (TPSA) is 54.7 Å². The summed E-state index contributed by atoms with van der Waals surface area (Å²) in [6.07, 6.45) is -0.660. The number of benzene rings is 3. The van der Waals surface area contributed by atoms with Gasteiger partial charge >= 0.3 is 0 Å². The number of aliphatic imine (C=N–C) groups is 1. The standard InChI is InChI=1S/C31H32N5OPS/c1-6-37-24-18-16-22(17-19-24)34-38(39)27(29-31(3,4)25-14-10-11-15-26(25)35(29)5)20-32-30-28(38)21(2)33-36(30)23-12-8-7-9-13-23/h7-20H,6H2,1-5H3,(H,34,39)/b29-27+/t38-/m1/s1. The molecular weight excluding hydrogens is 521 g/mol. The third-order valence-electron chi connectivity index (χ3n) is 7.53. The molecule has 4 aromatic rings. The smallest absolute Gasteiger partial charge is 0.166 e. The highest BCUT2D eigenvalue weighted by Gasteiger charge is 2.45. The maximum atomic E-state index is 6.79. The number of aryl methyl sites for hydroxylation is 1. The van der Waals surface area contributed by atoms with Crippen molar-refractivity contribution < 1.29 is 4.74 Å². The Bertz CT molecular complexity index is 1670. The van der Waals surface area contributed by atoms with Crippen LogP contribution >= 0.6 is 6.19 Å². The Morgan fingerprint density at radius 1 is 0.974 bits per heavy atom. The fourth-order valence-corrected chi connectivity index (χ4v) is 10.0. The van der Waals surface area contributed by atoms with Crippen LogP contribution in [0.15, 0.2) is 94.9 Å². The minimum atomic E-state index is -2.65. The van der Waals surface area contributed by atoms with Gasteiger partial charge in [-0.3, -0.25) is 0 Å². The summed E-state index contributed by atoms with van der Waals surface area (Å²) in [5.74, 6) is 1.63. The number of aromatic nitrogens is 2. The first-order valence-electron chi connectivity index (χ1n) is 13.1. The van der Waals surface area contributed by atoms with E-state index in [1.807, 2.05) is 79.3 Å². The van der Waals surface area contributed by atoms with Gasteiger partial charge in [0.15, 0.2) is 5.82 Å². The van der Waals surface area contributed by atoms with Crippen molar-refractivity contribution in [3.8, 4) is 11.4 Å². The van der Waals surface area contributed by atoms with Crippen molar-refractivity contribution in [1.29, 1.82) is 0 Å². The monoisotopic (exact) mass is 553 g/mol. The van der Waals surface area contributed by atoms with Crippen LogP contribution in [0.25, 0.3) is 5.69 Å². The molecule has 0 fully saturated rings. The first-order valence-corrected chi connectivity index (χ1v) is 16.0. The van der Waals surface area contributed by atoms with Crippen molar-refractivity contribution in [3.05, 3.63) is 101 Å². The number of allylic oxidation sites excluding steroid dienone is 2. The highest BCUT2D eigenvalue weighted by atomic mass is 32.4.